The molecule has 1 rings (SSSR count). The van der Waals surface area contributed by atoms with E-state index in [1.54, 1.807) is 9.80 Å². The zero-order valence-corrected chi connectivity index (χ0v) is 10.8. The van der Waals surface area contributed by atoms with Crippen LogP contribution in [0.2, 0.25) is 0 Å². The van der Waals surface area contributed by atoms with Gasteiger partial charge in [-0.2, -0.15) is 0 Å². The number of likely N-dealkylation sites (tertiary alicyclic amines) is 1. The third-order valence-electron chi connectivity index (χ3n) is 3.09. The first-order chi connectivity index (χ1) is 8.60. The van der Waals surface area contributed by atoms with Crippen molar-refractivity contribution in [3.8, 4) is 12.3 Å². The summed E-state index contributed by atoms with van der Waals surface area (Å²) in [5.74, 6) is 1.19. The van der Waals surface area contributed by atoms with Crippen LogP contribution in [0.4, 0.5) is 4.79 Å². The number of piperidine rings is 1. The number of nitrogens with zero attached hydrogens (tertiary/aromatic N) is 2. The van der Waals surface area contributed by atoms with Gasteiger partial charge in [-0.15, -0.1) is 6.42 Å². The van der Waals surface area contributed by atoms with Crippen molar-refractivity contribution in [2.75, 3.05) is 26.2 Å². The molecule has 0 aromatic carbocycles. The van der Waals surface area contributed by atoms with Crippen molar-refractivity contribution >= 4 is 12.0 Å². The third-order valence-corrected chi connectivity index (χ3v) is 3.09. The van der Waals surface area contributed by atoms with E-state index in [0.29, 0.717) is 26.1 Å². The number of rotatable bonds is 4. The predicted octanol–water partition coefficient (Wildman–Crippen LogP) is 1.25. The molecule has 5 nitrogen and oxygen atoms in total. The quantitative estimate of drug-likeness (QED) is 0.766. The zero-order valence-electron chi connectivity index (χ0n) is 10.8. The molecule has 0 saturated carbocycles. The van der Waals surface area contributed by atoms with Crippen LogP contribution in [0.3, 0.4) is 0 Å². The highest BCUT2D eigenvalue weighted by Crippen LogP contribution is 2.18. The summed E-state index contributed by atoms with van der Waals surface area (Å²) in [6.45, 7) is 3.78. The largest absolute Gasteiger partial charge is 0.481 e. The lowest BCUT2D eigenvalue weighted by Gasteiger charge is -2.34. The van der Waals surface area contributed by atoms with Crippen molar-refractivity contribution < 1.29 is 14.7 Å². The molecule has 0 aromatic heterocycles. The van der Waals surface area contributed by atoms with Crippen molar-refractivity contribution in [2.45, 2.75) is 26.2 Å². The maximum absolute atomic E-state index is 12.2. The number of carbonyl (C=O) groups excluding carboxylic acids is 1. The Morgan fingerprint density at radius 3 is 2.83 bits per heavy atom. The van der Waals surface area contributed by atoms with Gasteiger partial charge in [0.2, 0.25) is 0 Å². The van der Waals surface area contributed by atoms with Crippen molar-refractivity contribution in [2.24, 2.45) is 5.92 Å². The van der Waals surface area contributed by atoms with Crippen LogP contribution in [0.1, 0.15) is 26.2 Å². The van der Waals surface area contributed by atoms with Gasteiger partial charge >= 0.3 is 12.0 Å². The Bertz CT molecular complexity index is 349. The summed E-state index contributed by atoms with van der Waals surface area (Å²) in [5.41, 5.74) is 0. The molecule has 1 saturated heterocycles. The van der Waals surface area contributed by atoms with Crippen LogP contribution in [0.25, 0.3) is 0 Å². The maximum atomic E-state index is 12.2. The minimum atomic E-state index is -0.827. The number of hydrogen-bond donors (Lipinski definition) is 1. The Labute approximate surface area is 108 Å². The van der Waals surface area contributed by atoms with Gasteiger partial charge in [0, 0.05) is 19.6 Å². The second-order valence-electron chi connectivity index (χ2n) is 4.53. The Balaban J connectivity index is 2.64. The lowest BCUT2D eigenvalue weighted by atomic mass is 9.98. The number of terminal acetylenes is 1. The Hall–Kier alpha value is -1.70. The Morgan fingerprint density at radius 1 is 1.56 bits per heavy atom. The molecule has 0 radical (unpaired) electrons. The molecule has 5 heteroatoms. The normalized spacial score (nSPS) is 19.1. The first-order valence-corrected chi connectivity index (χ1v) is 6.30. The van der Waals surface area contributed by atoms with Crippen molar-refractivity contribution in [1.82, 2.24) is 9.80 Å². The molecule has 1 N–H and O–H groups in total. The third kappa shape index (κ3) is 3.66. The van der Waals surface area contributed by atoms with Crippen LogP contribution in [-0.2, 0) is 4.79 Å². The molecule has 1 atom stereocenters. The maximum Gasteiger partial charge on any atom is 0.320 e. The van der Waals surface area contributed by atoms with Crippen LogP contribution in [0.5, 0.6) is 0 Å². The molecule has 2 amide bonds. The Kier molecular flexibility index (Phi) is 5.50. The number of aliphatic carboxylic acids is 1. The topological polar surface area (TPSA) is 60.9 Å². The van der Waals surface area contributed by atoms with Crippen molar-refractivity contribution in [3.63, 3.8) is 0 Å². The van der Waals surface area contributed by atoms with Gasteiger partial charge in [-0.1, -0.05) is 12.8 Å². The molecular weight excluding hydrogens is 232 g/mol. The van der Waals surface area contributed by atoms with Gasteiger partial charge in [-0.05, 0) is 19.3 Å². The van der Waals surface area contributed by atoms with Gasteiger partial charge in [-0.3, -0.25) is 4.79 Å². The highest BCUT2D eigenvalue weighted by molar-refractivity contribution is 5.77. The summed E-state index contributed by atoms with van der Waals surface area (Å²) < 4.78 is 0. The van der Waals surface area contributed by atoms with Crippen LogP contribution in [-0.4, -0.2) is 53.1 Å². The van der Waals surface area contributed by atoms with Crippen LogP contribution in [0.15, 0.2) is 0 Å². The van der Waals surface area contributed by atoms with E-state index >= 15 is 0 Å². The van der Waals surface area contributed by atoms with Gasteiger partial charge in [0.25, 0.3) is 0 Å². The summed E-state index contributed by atoms with van der Waals surface area (Å²) >= 11 is 0. The average molecular weight is 252 g/mol. The van der Waals surface area contributed by atoms with E-state index in [4.69, 9.17) is 11.5 Å². The lowest BCUT2D eigenvalue weighted by molar-refractivity contribution is -0.143. The molecular formula is C13H20N2O3. The minimum absolute atomic E-state index is 0.138. The molecule has 1 fully saturated rings. The van der Waals surface area contributed by atoms with E-state index in [9.17, 15) is 9.59 Å². The standard InChI is InChI=1S/C13H20N2O3/c1-3-7-14(8-4-2)13(18)15-9-5-6-11(10-15)12(16)17/h1,11H,4-10H2,2H3,(H,16,17)/t11-/m1/s1. The fourth-order valence-electron chi connectivity index (χ4n) is 2.17. The van der Waals surface area contributed by atoms with E-state index in [-0.39, 0.29) is 12.6 Å². The number of urea groups is 1. The molecule has 0 unspecified atom stereocenters. The molecule has 0 bridgehead atoms. The first-order valence-electron chi connectivity index (χ1n) is 6.30. The van der Waals surface area contributed by atoms with Crippen molar-refractivity contribution in [1.29, 1.82) is 0 Å². The average Bonchev–Trinajstić information content (AvgIpc) is 2.38. The molecule has 1 aliphatic rings. The van der Waals surface area contributed by atoms with E-state index in [2.05, 4.69) is 5.92 Å². The smallest absolute Gasteiger partial charge is 0.320 e. The minimum Gasteiger partial charge on any atom is -0.481 e. The predicted molar refractivity (Wildman–Crippen MR) is 68.0 cm³/mol. The summed E-state index contributed by atoms with van der Waals surface area (Å²) in [6, 6.07) is -0.138. The number of carboxylic acid groups (broad SMARTS) is 1. The fraction of sp³-hybridized carbons (Fsp3) is 0.692. The fourth-order valence-corrected chi connectivity index (χ4v) is 2.17. The second kappa shape index (κ2) is 6.90. The highest BCUT2D eigenvalue weighted by Gasteiger charge is 2.29. The van der Waals surface area contributed by atoms with E-state index < -0.39 is 11.9 Å². The number of amides is 2. The molecule has 1 heterocycles. The van der Waals surface area contributed by atoms with Gasteiger partial charge in [0.05, 0.1) is 12.5 Å². The molecule has 18 heavy (non-hydrogen) atoms. The van der Waals surface area contributed by atoms with E-state index in [1.807, 2.05) is 6.92 Å². The van der Waals surface area contributed by atoms with Crippen LogP contribution < -0.4 is 0 Å². The first kappa shape index (κ1) is 14.4. The molecule has 0 spiro atoms. The molecule has 0 aromatic rings. The summed E-state index contributed by atoms with van der Waals surface area (Å²) in [7, 11) is 0. The number of carbonyl (C=O) groups is 2. The summed E-state index contributed by atoms with van der Waals surface area (Å²) in [4.78, 5) is 26.4. The van der Waals surface area contributed by atoms with E-state index in [0.717, 1.165) is 12.8 Å². The number of carboxylic acids is 1. The van der Waals surface area contributed by atoms with Gasteiger partial charge in [0.1, 0.15) is 0 Å². The van der Waals surface area contributed by atoms with Gasteiger partial charge in [-0.25, -0.2) is 4.79 Å². The van der Waals surface area contributed by atoms with Crippen LogP contribution >= 0.6 is 0 Å². The number of hydrogen-bond acceptors (Lipinski definition) is 2. The SMILES string of the molecule is C#CCN(CCC)C(=O)N1CCC[C@@H](C(=O)O)C1. The molecule has 0 aliphatic carbocycles. The van der Waals surface area contributed by atoms with Gasteiger partial charge in [0.15, 0.2) is 0 Å². The zero-order chi connectivity index (χ0) is 13.5. The second-order valence-corrected chi connectivity index (χ2v) is 4.53. The Morgan fingerprint density at radius 2 is 2.28 bits per heavy atom. The van der Waals surface area contributed by atoms with Crippen LogP contribution in [0, 0.1) is 18.3 Å². The summed E-state index contributed by atoms with van der Waals surface area (Å²) in [5, 5.41) is 9.00. The summed E-state index contributed by atoms with van der Waals surface area (Å²) in [6.07, 6.45) is 7.46. The van der Waals surface area contributed by atoms with Gasteiger partial charge < -0.3 is 14.9 Å². The molecule has 100 valence electrons. The molecule has 1 aliphatic heterocycles. The highest BCUT2D eigenvalue weighted by atomic mass is 16.4. The van der Waals surface area contributed by atoms with Crippen molar-refractivity contribution in [3.05, 3.63) is 0 Å². The lowest BCUT2D eigenvalue weighted by Crippen LogP contribution is -2.49. The monoisotopic (exact) mass is 252 g/mol. The van der Waals surface area contributed by atoms with E-state index in [1.165, 1.54) is 0 Å².